The summed E-state index contributed by atoms with van der Waals surface area (Å²) < 4.78 is 29.7. The molecule has 1 rings (SSSR count). The summed E-state index contributed by atoms with van der Waals surface area (Å²) in [5.41, 5.74) is 2.35. The molecule has 0 bridgehead atoms. The lowest BCUT2D eigenvalue weighted by atomic mass is 9.97. The van der Waals surface area contributed by atoms with Crippen LogP contribution in [-0.2, 0) is 14.9 Å². The molecule has 2 N–H and O–H groups in total. The maximum atomic E-state index is 12.5. The van der Waals surface area contributed by atoms with Crippen molar-refractivity contribution >= 4 is 27.5 Å². The first-order valence-corrected chi connectivity index (χ1v) is 10.0. The third kappa shape index (κ3) is 8.65. The highest BCUT2D eigenvalue weighted by Gasteiger charge is 2.13. The SMILES string of the molecule is CC(/C=C/C(=O)NCCS(=O)(=O)O)=C\[C@@H](C)C(=O)c1ccc(N(C)C)cc1. The van der Waals surface area contributed by atoms with E-state index < -0.39 is 21.8 Å². The van der Waals surface area contributed by atoms with Crippen molar-refractivity contribution in [3.05, 3.63) is 53.6 Å². The van der Waals surface area contributed by atoms with Crippen molar-refractivity contribution in [2.24, 2.45) is 5.92 Å². The number of hydrogen-bond acceptors (Lipinski definition) is 5. The lowest BCUT2D eigenvalue weighted by molar-refractivity contribution is -0.116. The standard InChI is InChI=1S/C19H26N2O5S/c1-14(5-10-18(22)20-11-12-27(24,25)26)13-15(2)19(23)16-6-8-17(9-7-16)21(3)4/h5-10,13,15H,11-12H2,1-4H3,(H,20,22)(H,24,25,26)/b10-5+,14-13+/t15-/m1/s1. The van der Waals surface area contributed by atoms with Gasteiger partial charge in [-0.2, -0.15) is 8.42 Å². The second-order valence-electron chi connectivity index (χ2n) is 6.42. The van der Waals surface area contributed by atoms with Gasteiger partial charge in [0.1, 0.15) is 0 Å². The topological polar surface area (TPSA) is 104 Å². The number of nitrogens with one attached hydrogen (secondary N) is 1. The van der Waals surface area contributed by atoms with Gasteiger partial charge in [-0.1, -0.05) is 24.6 Å². The van der Waals surface area contributed by atoms with Crippen molar-refractivity contribution < 1.29 is 22.6 Å². The number of rotatable bonds is 9. The Morgan fingerprint density at radius 1 is 1.19 bits per heavy atom. The van der Waals surface area contributed by atoms with Crippen molar-refractivity contribution in [1.29, 1.82) is 0 Å². The summed E-state index contributed by atoms with van der Waals surface area (Å²) in [6.45, 7) is 3.37. The summed E-state index contributed by atoms with van der Waals surface area (Å²) >= 11 is 0. The first-order valence-electron chi connectivity index (χ1n) is 8.40. The number of carbonyl (C=O) groups is 2. The Bertz CT molecular complexity index is 824. The van der Waals surface area contributed by atoms with Crippen LogP contribution in [0.5, 0.6) is 0 Å². The van der Waals surface area contributed by atoms with E-state index in [0.717, 1.165) is 11.3 Å². The van der Waals surface area contributed by atoms with Crippen molar-refractivity contribution in [2.75, 3.05) is 31.3 Å². The first-order chi connectivity index (χ1) is 12.5. The molecule has 1 aromatic carbocycles. The second kappa shape index (κ2) is 10.0. The Balaban J connectivity index is 2.64. The Hall–Kier alpha value is -2.45. The normalized spacial score (nSPS) is 13.4. The molecule has 0 aliphatic heterocycles. The first kappa shape index (κ1) is 22.6. The number of allylic oxidation sites excluding steroid dienone is 3. The van der Waals surface area contributed by atoms with E-state index in [1.54, 1.807) is 38.1 Å². The lowest BCUT2D eigenvalue weighted by Gasteiger charge is -2.13. The van der Waals surface area contributed by atoms with Crippen molar-refractivity contribution in [3.8, 4) is 0 Å². The summed E-state index contributed by atoms with van der Waals surface area (Å²) in [7, 11) is -0.246. The number of ketones is 1. The molecule has 148 valence electrons. The lowest BCUT2D eigenvalue weighted by Crippen LogP contribution is -2.27. The quantitative estimate of drug-likeness (QED) is 0.288. The molecule has 7 nitrogen and oxygen atoms in total. The summed E-state index contributed by atoms with van der Waals surface area (Å²) in [5.74, 6) is -1.41. The molecular weight excluding hydrogens is 368 g/mol. The van der Waals surface area contributed by atoms with Gasteiger partial charge in [0.15, 0.2) is 5.78 Å². The average Bonchev–Trinajstić information content (AvgIpc) is 2.58. The maximum Gasteiger partial charge on any atom is 0.266 e. The fourth-order valence-electron chi connectivity index (χ4n) is 2.28. The van der Waals surface area contributed by atoms with Crippen molar-refractivity contribution in [1.82, 2.24) is 5.32 Å². The van der Waals surface area contributed by atoms with E-state index in [9.17, 15) is 18.0 Å². The molecule has 0 spiro atoms. The van der Waals surface area contributed by atoms with Crippen LogP contribution in [0.15, 0.2) is 48.1 Å². The van der Waals surface area contributed by atoms with Crippen molar-refractivity contribution in [2.45, 2.75) is 13.8 Å². The zero-order valence-electron chi connectivity index (χ0n) is 16.0. The van der Waals surface area contributed by atoms with Gasteiger partial charge in [0, 0.05) is 43.9 Å². The summed E-state index contributed by atoms with van der Waals surface area (Å²) in [5, 5.41) is 2.35. The molecule has 0 saturated carbocycles. The summed E-state index contributed by atoms with van der Waals surface area (Å²) in [6, 6.07) is 7.34. The van der Waals surface area contributed by atoms with E-state index in [-0.39, 0.29) is 18.2 Å². The minimum atomic E-state index is -4.10. The molecule has 0 unspecified atom stereocenters. The van der Waals surface area contributed by atoms with Crippen LogP contribution in [0.25, 0.3) is 0 Å². The van der Waals surface area contributed by atoms with Crippen molar-refractivity contribution in [3.63, 3.8) is 0 Å². The summed E-state index contributed by atoms with van der Waals surface area (Å²) in [6.07, 6.45) is 4.55. The van der Waals surface area contributed by atoms with Crippen LogP contribution in [0, 0.1) is 5.92 Å². The van der Waals surface area contributed by atoms with Gasteiger partial charge in [0.25, 0.3) is 10.1 Å². The van der Waals surface area contributed by atoms with E-state index in [4.69, 9.17) is 4.55 Å². The van der Waals surface area contributed by atoms with E-state index in [1.165, 1.54) is 6.08 Å². The second-order valence-corrected chi connectivity index (χ2v) is 7.99. The Morgan fingerprint density at radius 2 is 1.78 bits per heavy atom. The fraction of sp³-hybridized carbons (Fsp3) is 0.368. The van der Waals surface area contributed by atoms with Crippen LogP contribution in [-0.4, -0.2) is 51.1 Å². The molecule has 0 saturated heterocycles. The van der Waals surface area contributed by atoms with Gasteiger partial charge in [-0.3, -0.25) is 14.1 Å². The van der Waals surface area contributed by atoms with Gasteiger partial charge in [0.05, 0.1) is 5.75 Å². The van der Waals surface area contributed by atoms with Gasteiger partial charge < -0.3 is 10.2 Å². The number of anilines is 1. The van der Waals surface area contributed by atoms with Gasteiger partial charge in [-0.25, -0.2) is 0 Å². The third-order valence-electron chi connectivity index (χ3n) is 3.75. The number of Topliss-reactive ketones (excluding diaryl/α,β-unsaturated/α-hetero) is 1. The third-order valence-corrected chi connectivity index (χ3v) is 4.47. The van der Waals surface area contributed by atoms with Gasteiger partial charge >= 0.3 is 0 Å². The minimum Gasteiger partial charge on any atom is -0.378 e. The van der Waals surface area contributed by atoms with Gasteiger partial charge in [-0.05, 0) is 31.2 Å². The van der Waals surface area contributed by atoms with Crippen LogP contribution in [0.3, 0.4) is 0 Å². The number of hydrogen-bond donors (Lipinski definition) is 2. The number of benzene rings is 1. The van der Waals surface area contributed by atoms with Crippen LogP contribution in [0.2, 0.25) is 0 Å². The average molecular weight is 394 g/mol. The highest BCUT2D eigenvalue weighted by Crippen LogP contribution is 2.17. The van der Waals surface area contributed by atoms with Gasteiger partial charge in [-0.15, -0.1) is 0 Å². The molecule has 0 fully saturated rings. The van der Waals surface area contributed by atoms with Crippen LogP contribution in [0.4, 0.5) is 5.69 Å². The number of nitrogens with zero attached hydrogens (tertiary/aromatic N) is 1. The molecule has 0 heterocycles. The zero-order chi connectivity index (χ0) is 20.6. The van der Waals surface area contributed by atoms with E-state index in [2.05, 4.69) is 5.32 Å². The predicted molar refractivity (Wildman–Crippen MR) is 107 cm³/mol. The molecule has 0 aliphatic rings. The Morgan fingerprint density at radius 3 is 2.30 bits per heavy atom. The van der Waals surface area contributed by atoms with Crippen LogP contribution < -0.4 is 10.2 Å². The Labute approximate surface area is 160 Å². The predicted octanol–water partition coefficient (Wildman–Crippen LogP) is 2.08. The highest BCUT2D eigenvalue weighted by molar-refractivity contribution is 7.85. The van der Waals surface area contributed by atoms with E-state index in [1.807, 2.05) is 31.1 Å². The summed E-state index contributed by atoms with van der Waals surface area (Å²) in [4.78, 5) is 26.0. The Kier molecular flexibility index (Phi) is 8.39. The van der Waals surface area contributed by atoms with E-state index in [0.29, 0.717) is 5.56 Å². The monoisotopic (exact) mass is 394 g/mol. The van der Waals surface area contributed by atoms with Crippen LogP contribution >= 0.6 is 0 Å². The van der Waals surface area contributed by atoms with Gasteiger partial charge in [0.2, 0.25) is 5.91 Å². The zero-order valence-corrected chi connectivity index (χ0v) is 16.8. The largest absolute Gasteiger partial charge is 0.378 e. The van der Waals surface area contributed by atoms with Crippen LogP contribution in [0.1, 0.15) is 24.2 Å². The molecule has 1 amide bonds. The molecular formula is C19H26N2O5S. The molecule has 1 aromatic rings. The molecule has 1 atom stereocenters. The molecule has 8 heteroatoms. The number of amides is 1. The number of carbonyl (C=O) groups excluding carboxylic acids is 2. The molecule has 0 aliphatic carbocycles. The smallest absolute Gasteiger partial charge is 0.266 e. The minimum absolute atomic E-state index is 0.0225. The molecule has 0 radical (unpaired) electrons. The highest BCUT2D eigenvalue weighted by atomic mass is 32.2. The van der Waals surface area contributed by atoms with E-state index >= 15 is 0 Å². The fourth-order valence-corrected chi connectivity index (χ4v) is 2.64. The molecule has 27 heavy (non-hydrogen) atoms. The molecule has 0 aromatic heterocycles. The maximum absolute atomic E-state index is 12.5.